The van der Waals surface area contributed by atoms with E-state index in [2.05, 4.69) is 5.32 Å². The van der Waals surface area contributed by atoms with E-state index in [-0.39, 0.29) is 5.54 Å². The first-order valence-corrected chi connectivity index (χ1v) is 4.91. The Morgan fingerprint density at radius 3 is 2.00 bits per heavy atom. The zero-order valence-electron chi connectivity index (χ0n) is 8.15. The SMILES string of the molecule is CNC1(C(C)=O)CCCCCC1. The van der Waals surface area contributed by atoms with Gasteiger partial charge in [0.2, 0.25) is 0 Å². The summed E-state index contributed by atoms with van der Waals surface area (Å²) < 4.78 is 0. The van der Waals surface area contributed by atoms with Crippen LogP contribution in [0.25, 0.3) is 0 Å². The van der Waals surface area contributed by atoms with Gasteiger partial charge in [-0.2, -0.15) is 0 Å². The molecule has 0 unspecified atom stereocenters. The minimum absolute atomic E-state index is 0.184. The van der Waals surface area contributed by atoms with Gasteiger partial charge in [0, 0.05) is 0 Å². The van der Waals surface area contributed by atoms with Crippen LogP contribution in [0.2, 0.25) is 0 Å². The summed E-state index contributed by atoms with van der Waals surface area (Å²) in [5.74, 6) is 0.312. The van der Waals surface area contributed by atoms with Gasteiger partial charge in [-0.15, -0.1) is 0 Å². The molecule has 1 rings (SSSR count). The fourth-order valence-corrected chi connectivity index (χ4v) is 2.11. The van der Waals surface area contributed by atoms with E-state index >= 15 is 0 Å². The molecule has 1 fully saturated rings. The molecule has 70 valence electrons. The lowest BCUT2D eigenvalue weighted by molar-refractivity contribution is -0.123. The average Bonchev–Trinajstić information content (AvgIpc) is 2.29. The maximum absolute atomic E-state index is 11.4. The molecule has 0 atom stereocenters. The number of rotatable bonds is 2. The first-order valence-electron chi connectivity index (χ1n) is 4.91. The molecule has 0 amide bonds. The van der Waals surface area contributed by atoms with Crippen LogP contribution in [0, 0.1) is 0 Å². The molecule has 1 saturated carbocycles. The van der Waals surface area contributed by atoms with E-state index in [1.807, 2.05) is 7.05 Å². The second-order valence-electron chi connectivity index (χ2n) is 3.80. The third-order valence-electron chi connectivity index (χ3n) is 3.11. The van der Waals surface area contributed by atoms with Crippen molar-refractivity contribution in [3.05, 3.63) is 0 Å². The summed E-state index contributed by atoms with van der Waals surface area (Å²) in [6, 6.07) is 0. The molecular formula is C10H19NO. The number of hydrogen-bond acceptors (Lipinski definition) is 2. The molecule has 2 heteroatoms. The Kier molecular flexibility index (Phi) is 3.27. The summed E-state index contributed by atoms with van der Waals surface area (Å²) in [4.78, 5) is 11.4. The molecule has 0 heterocycles. The topological polar surface area (TPSA) is 29.1 Å². The number of hydrogen-bond donors (Lipinski definition) is 1. The van der Waals surface area contributed by atoms with Crippen LogP contribution < -0.4 is 5.32 Å². The van der Waals surface area contributed by atoms with Gasteiger partial charge >= 0.3 is 0 Å². The zero-order valence-corrected chi connectivity index (χ0v) is 8.15. The smallest absolute Gasteiger partial charge is 0.149 e. The number of carbonyl (C=O) groups is 1. The predicted molar refractivity (Wildman–Crippen MR) is 50.2 cm³/mol. The van der Waals surface area contributed by atoms with Crippen molar-refractivity contribution in [2.24, 2.45) is 0 Å². The fourth-order valence-electron chi connectivity index (χ4n) is 2.11. The van der Waals surface area contributed by atoms with Crippen molar-refractivity contribution < 1.29 is 4.79 Å². The van der Waals surface area contributed by atoms with E-state index in [9.17, 15) is 4.79 Å². The molecular weight excluding hydrogens is 150 g/mol. The van der Waals surface area contributed by atoms with Crippen molar-refractivity contribution in [1.82, 2.24) is 5.32 Å². The van der Waals surface area contributed by atoms with Crippen LogP contribution in [-0.4, -0.2) is 18.4 Å². The second kappa shape index (κ2) is 4.04. The summed E-state index contributed by atoms with van der Waals surface area (Å²) in [5, 5.41) is 3.21. The first-order chi connectivity index (χ1) is 5.71. The Labute approximate surface area is 74.7 Å². The van der Waals surface area contributed by atoms with E-state index in [4.69, 9.17) is 0 Å². The van der Waals surface area contributed by atoms with Crippen LogP contribution in [0.3, 0.4) is 0 Å². The highest BCUT2D eigenvalue weighted by Gasteiger charge is 2.33. The third-order valence-corrected chi connectivity index (χ3v) is 3.11. The molecule has 1 N–H and O–H groups in total. The lowest BCUT2D eigenvalue weighted by Crippen LogP contribution is -2.48. The summed E-state index contributed by atoms with van der Waals surface area (Å²) in [7, 11) is 1.91. The summed E-state index contributed by atoms with van der Waals surface area (Å²) in [5.41, 5.74) is -0.184. The van der Waals surface area contributed by atoms with Crippen LogP contribution in [0.5, 0.6) is 0 Å². The van der Waals surface area contributed by atoms with Crippen LogP contribution >= 0.6 is 0 Å². The highest BCUT2D eigenvalue weighted by molar-refractivity contribution is 5.86. The molecule has 0 spiro atoms. The molecule has 2 nitrogen and oxygen atoms in total. The second-order valence-corrected chi connectivity index (χ2v) is 3.80. The summed E-state index contributed by atoms with van der Waals surface area (Å²) >= 11 is 0. The quantitative estimate of drug-likeness (QED) is 0.639. The molecule has 0 bridgehead atoms. The lowest BCUT2D eigenvalue weighted by Gasteiger charge is -2.29. The van der Waals surface area contributed by atoms with Gasteiger partial charge in [0.15, 0.2) is 0 Å². The standard InChI is InChI=1S/C10H19NO/c1-9(12)10(11-2)7-5-3-4-6-8-10/h11H,3-8H2,1-2H3. The Morgan fingerprint density at radius 2 is 1.67 bits per heavy atom. The largest absolute Gasteiger partial charge is 0.308 e. The molecule has 1 aliphatic carbocycles. The minimum atomic E-state index is -0.184. The monoisotopic (exact) mass is 169 g/mol. The van der Waals surface area contributed by atoms with Gasteiger partial charge in [-0.25, -0.2) is 0 Å². The van der Waals surface area contributed by atoms with Crippen LogP contribution in [-0.2, 0) is 4.79 Å². The van der Waals surface area contributed by atoms with E-state index in [1.54, 1.807) is 6.92 Å². The van der Waals surface area contributed by atoms with Gasteiger partial charge < -0.3 is 5.32 Å². The third kappa shape index (κ3) is 1.86. The summed E-state index contributed by atoms with van der Waals surface area (Å²) in [6.45, 7) is 1.71. The first kappa shape index (κ1) is 9.72. The van der Waals surface area contributed by atoms with Crippen LogP contribution in [0.4, 0.5) is 0 Å². The van der Waals surface area contributed by atoms with Crippen molar-refractivity contribution in [2.75, 3.05) is 7.05 Å². The summed E-state index contributed by atoms with van der Waals surface area (Å²) in [6.07, 6.45) is 7.02. The molecule has 0 radical (unpaired) electrons. The number of nitrogens with one attached hydrogen (secondary N) is 1. The Morgan fingerprint density at radius 1 is 1.17 bits per heavy atom. The number of ketones is 1. The highest BCUT2D eigenvalue weighted by atomic mass is 16.1. The van der Waals surface area contributed by atoms with Gasteiger partial charge in [-0.05, 0) is 26.8 Å². The minimum Gasteiger partial charge on any atom is -0.308 e. The Hall–Kier alpha value is -0.370. The number of carbonyl (C=O) groups excluding carboxylic acids is 1. The van der Waals surface area contributed by atoms with Crippen LogP contribution in [0.1, 0.15) is 45.4 Å². The van der Waals surface area contributed by atoms with Gasteiger partial charge in [-0.3, -0.25) is 4.79 Å². The normalized spacial score (nSPS) is 23.2. The maximum Gasteiger partial charge on any atom is 0.149 e. The molecule has 0 aliphatic heterocycles. The predicted octanol–water partition coefficient (Wildman–Crippen LogP) is 1.89. The van der Waals surface area contributed by atoms with Gasteiger partial charge in [0.05, 0.1) is 5.54 Å². The molecule has 0 aromatic heterocycles. The highest BCUT2D eigenvalue weighted by Crippen LogP contribution is 2.27. The van der Waals surface area contributed by atoms with Crippen molar-refractivity contribution in [3.63, 3.8) is 0 Å². The molecule has 0 aromatic rings. The van der Waals surface area contributed by atoms with Crippen molar-refractivity contribution >= 4 is 5.78 Å². The number of Topliss-reactive ketones (excluding diaryl/α,β-unsaturated/α-hetero) is 1. The maximum atomic E-state index is 11.4. The van der Waals surface area contributed by atoms with Crippen molar-refractivity contribution in [3.8, 4) is 0 Å². The average molecular weight is 169 g/mol. The Bertz CT molecular complexity index is 157. The molecule has 0 saturated heterocycles. The van der Waals surface area contributed by atoms with E-state index in [1.165, 1.54) is 25.7 Å². The molecule has 12 heavy (non-hydrogen) atoms. The van der Waals surface area contributed by atoms with Gasteiger partial charge in [0.25, 0.3) is 0 Å². The van der Waals surface area contributed by atoms with Crippen molar-refractivity contribution in [1.29, 1.82) is 0 Å². The lowest BCUT2D eigenvalue weighted by atomic mass is 9.87. The van der Waals surface area contributed by atoms with Crippen molar-refractivity contribution in [2.45, 2.75) is 51.0 Å². The van der Waals surface area contributed by atoms with Gasteiger partial charge in [-0.1, -0.05) is 25.7 Å². The zero-order chi connectivity index (χ0) is 9.03. The van der Waals surface area contributed by atoms with Crippen LogP contribution in [0.15, 0.2) is 0 Å². The molecule has 1 aliphatic rings. The van der Waals surface area contributed by atoms with E-state index in [0.717, 1.165) is 12.8 Å². The van der Waals surface area contributed by atoms with E-state index < -0.39 is 0 Å². The molecule has 0 aromatic carbocycles. The Balaban J connectivity index is 2.68. The number of likely N-dealkylation sites (N-methyl/N-ethyl adjacent to an activating group) is 1. The fraction of sp³-hybridized carbons (Fsp3) is 0.900. The van der Waals surface area contributed by atoms with Gasteiger partial charge in [0.1, 0.15) is 5.78 Å². The van der Waals surface area contributed by atoms with E-state index in [0.29, 0.717) is 5.78 Å².